The second-order valence-electron chi connectivity index (χ2n) is 3.30. The van der Waals surface area contributed by atoms with Crippen LogP contribution in [0.15, 0.2) is 29.3 Å². The number of rotatable bonds is 2. The van der Waals surface area contributed by atoms with Crippen LogP contribution in [-0.2, 0) is 0 Å². The van der Waals surface area contributed by atoms with Crippen molar-refractivity contribution in [3.05, 3.63) is 44.8 Å². The van der Waals surface area contributed by atoms with Gasteiger partial charge in [0.1, 0.15) is 0 Å². The highest BCUT2D eigenvalue weighted by Gasteiger charge is 2.10. The number of hydrogen-bond donors (Lipinski definition) is 1. The molecule has 2 aromatic heterocycles. The highest BCUT2D eigenvalue weighted by molar-refractivity contribution is 7.12. The van der Waals surface area contributed by atoms with Crippen LogP contribution in [-0.4, -0.2) is 9.55 Å². The lowest BCUT2D eigenvalue weighted by Crippen LogP contribution is -2.19. The van der Waals surface area contributed by atoms with Gasteiger partial charge in [0.15, 0.2) is 0 Å². The summed E-state index contributed by atoms with van der Waals surface area (Å²) in [5, 5.41) is 0. The summed E-state index contributed by atoms with van der Waals surface area (Å²) in [5.74, 6) is 0. The fraction of sp³-hybridized carbons (Fsp3) is 0.300. The molecule has 0 fully saturated rings. The van der Waals surface area contributed by atoms with Gasteiger partial charge in [-0.25, -0.2) is 4.79 Å². The molecule has 2 aromatic rings. The van der Waals surface area contributed by atoms with E-state index in [1.54, 1.807) is 28.3 Å². The maximum atomic E-state index is 11.4. The minimum atomic E-state index is -0.0523. The summed E-state index contributed by atoms with van der Waals surface area (Å²) >= 11 is 1.73. The summed E-state index contributed by atoms with van der Waals surface area (Å²) in [7, 11) is 0. The van der Waals surface area contributed by atoms with Crippen LogP contribution in [0.5, 0.6) is 0 Å². The second kappa shape index (κ2) is 3.46. The first kappa shape index (κ1) is 9.27. The molecule has 2 rings (SSSR count). The summed E-state index contributed by atoms with van der Waals surface area (Å²) in [6, 6.07) is 4.27. The maximum Gasteiger partial charge on any atom is 0.326 e. The van der Waals surface area contributed by atoms with Gasteiger partial charge in [0.25, 0.3) is 0 Å². The molecular formula is C10H12N2OS. The number of aryl methyl sites for hydroxylation is 1. The highest BCUT2D eigenvalue weighted by atomic mass is 32.1. The summed E-state index contributed by atoms with van der Waals surface area (Å²) in [5.41, 5.74) is -0.0523. The van der Waals surface area contributed by atoms with E-state index < -0.39 is 0 Å². The fourth-order valence-electron chi connectivity index (χ4n) is 1.45. The number of thiophene rings is 1. The number of hydrogen-bond acceptors (Lipinski definition) is 2. The Kier molecular flexibility index (Phi) is 2.29. The predicted molar refractivity (Wildman–Crippen MR) is 57.9 cm³/mol. The number of nitrogens with zero attached hydrogens (tertiary/aromatic N) is 1. The van der Waals surface area contributed by atoms with E-state index in [1.165, 1.54) is 9.75 Å². The largest absolute Gasteiger partial charge is 0.326 e. The summed E-state index contributed by atoms with van der Waals surface area (Å²) in [6.07, 6.45) is 3.45. The van der Waals surface area contributed by atoms with Gasteiger partial charge in [0, 0.05) is 22.1 Å². The molecule has 1 atom stereocenters. The van der Waals surface area contributed by atoms with Crippen LogP contribution in [0.3, 0.4) is 0 Å². The van der Waals surface area contributed by atoms with Crippen LogP contribution >= 0.6 is 11.3 Å². The first-order valence-corrected chi connectivity index (χ1v) is 5.32. The van der Waals surface area contributed by atoms with Gasteiger partial charge in [-0.2, -0.15) is 0 Å². The third-order valence-corrected chi connectivity index (χ3v) is 3.44. The van der Waals surface area contributed by atoms with E-state index in [0.29, 0.717) is 0 Å². The van der Waals surface area contributed by atoms with E-state index in [4.69, 9.17) is 0 Å². The Bertz CT molecular complexity index is 480. The molecule has 0 bridgehead atoms. The van der Waals surface area contributed by atoms with Crippen molar-refractivity contribution >= 4 is 11.3 Å². The van der Waals surface area contributed by atoms with Crippen LogP contribution in [0.2, 0.25) is 0 Å². The lowest BCUT2D eigenvalue weighted by molar-refractivity contribution is 0.627. The molecule has 1 N–H and O–H groups in total. The maximum absolute atomic E-state index is 11.4. The quantitative estimate of drug-likeness (QED) is 0.806. The van der Waals surface area contributed by atoms with E-state index in [0.717, 1.165) is 0 Å². The molecule has 74 valence electrons. The Hall–Kier alpha value is -1.29. The van der Waals surface area contributed by atoms with E-state index in [-0.39, 0.29) is 11.7 Å². The number of nitrogens with one attached hydrogen (secondary N) is 1. The second-order valence-corrected chi connectivity index (χ2v) is 4.62. The Morgan fingerprint density at radius 3 is 2.79 bits per heavy atom. The van der Waals surface area contributed by atoms with Gasteiger partial charge < -0.3 is 4.98 Å². The smallest absolute Gasteiger partial charge is 0.313 e. The minimum Gasteiger partial charge on any atom is -0.313 e. The molecule has 0 aliphatic heterocycles. The molecule has 1 unspecified atom stereocenters. The zero-order valence-corrected chi connectivity index (χ0v) is 8.97. The molecule has 14 heavy (non-hydrogen) atoms. The third kappa shape index (κ3) is 1.53. The number of aromatic amines is 1. The standard InChI is InChI=1S/C10H12N2OS/c1-7-3-4-9(14-7)8(2)12-6-5-11-10(12)13/h3-6,8H,1-2H3,(H,11,13). The molecule has 3 nitrogen and oxygen atoms in total. The number of imidazole rings is 1. The number of aromatic nitrogens is 2. The average molecular weight is 208 g/mol. The van der Waals surface area contributed by atoms with Gasteiger partial charge in [-0.3, -0.25) is 4.57 Å². The fourth-order valence-corrected chi connectivity index (χ4v) is 2.38. The van der Waals surface area contributed by atoms with Crippen LogP contribution in [0, 0.1) is 6.92 Å². The zero-order valence-electron chi connectivity index (χ0n) is 8.15. The van der Waals surface area contributed by atoms with E-state index >= 15 is 0 Å². The van der Waals surface area contributed by atoms with Crippen molar-refractivity contribution in [1.82, 2.24) is 9.55 Å². The molecule has 0 aliphatic rings. The summed E-state index contributed by atoms with van der Waals surface area (Å²) < 4.78 is 1.70. The van der Waals surface area contributed by atoms with E-state index in [2.05, 4.69) is 24.0 Å². The van der Waals surface area contributed by atoms with Crippen molar-refractivity contribution in [1.29, 1.82) is 0 Å². The highest BCUT2D eigenvalue weighted by Crippen LogP contribution is 2.24. The topological polar surface area (TPSA) is 37.8 Å². The first-order chi connectivity index (χ1) is 6.68. The minimum absolute atomic E-state index is 0.0523. The normalized spacial score (nSPS) is 13.0. The third-order valence-electron chi connectivity index (χ3n) is 2.27. The lowest BCUT2D eigenvalue weighted by atomic mass is 10.3. The molecule has 0 saturated heterocycles. The number of H-pyrrole nitrogens is 1. The summed E-state index contributed by atoms with van der Waals surface area (Å²) in [4.78, 5) is 16.5. The SMILES string of the molecule is Cc1ccc(C(C)n2cc[nH]c2=O)s1. The van der Waals surface area contributed by atoms with Crippen LogP contribution in [0.1, 0.15) is 22.7 Å². The van der Waals surface area contributed by atoms with Gasteiger partial charge in [0.05, 0.1) is 6.04 Å². The van der Waals surface area contributed by atoms with Crippen LogP contribution in [0.4, 0.5) is 0 Å². The first-order valence-electron chi connectivity index (χ1n) is 4.50. The van der Waals surface area contributed by atoms with E-state index in [9.17, 15) is 4.79 Å². The molecule has 0 aromatic carbocycles. The molecule has 4 heteroatoms. The molecule has 0 radical (unpaired) electrons. The molecule has 0 spiro atoms. The Balaban J connectivity index is 2.38. The van der Waals surface area contributed by atoms with Crippen molar-refractivity contribution in [2.75, 3.05) is 0 Å². The monoisotopic (exact) mass is 208 g/mol. The van der Waals surface area contributed by atoms with Crippen LogP contribution < -0.4 is 5.69 Å². The summed E-state index contributed by atoms with van der Waals surface area (Å²) in [6.45, 7) is 4.10. The van der Waals surface area contributed by atoms with Crippen molar-refractivity contribution in [3.8, 4) is 0 Å². The molecule has 0 saturated carbocycles. The Labute approximate surface area is 86.0 Å². The van der Waals surface area contributed by atoms with E-state index in [1.807, 2.05) is 6.92 Å². The van der Waals surface area contributed by atoms with Gasteiger partial charge in [0.2, 0.25) is 0 Å². The molecule has 0 aliphatic carbocycles. The Morgan fingerprint density at radius 2 is 2.29 bits per heavy atom. The Morgan fingerprint density at radius 1 is 1.50 bits per heavy atom. The van der Waals surface area contributed by atoms with Crippen molar-refractivity contribution in [2.45, 2.75) is 19.9 Å². The van der Waals surface area contributed by atoms with Crippen molar-refractivity contribution in [3.63, 3.8) is 0 Å². The molecule has 0 amide bonds. The lowest BCUT2D eigenvalue weighted by Gasteiger charge is -2.08. The van der Waals surface area contributed by atoms with Gasteiger partial charge in [-0.15, -0.1) is 11.3 Å². The van der Waals surface area contributed by atoms with Gasteiger partial charge in [-0.1, -0.05) is 0 Å². The van der Waals surface area contributed by atoms with Crippen molar-refractivity contribution in [2.24, 2.45) is 0 Å². The van der Waals surface area contributed by atoms with Gasteiger partial charge in [-0.05, 0) is 26.0 Å². The zero-order chi connectivity index (χ0) is 10.1. The predicted octanol–water partition coefficient (Wildman–Crippen LogP) is 2.16. The van der Waals surface area contributed by atoms with Crippen LogP contribution in [0.25, 0.3) is 0 Å². The molecular weight excluding hydrogens is 196 g/mol. The van der Waals surface area contributed by atoms with Crippen molar-refractivity contribution < 1.29 is 0 Å². The molecule has 2 heterocycles. The average Bonchev–Trinajstić information content (AvgIpc) is 2.73. The van der Waals surface area contributed by atoms with Gasteiger partial charge >= 0.3 is 5.69 Å².